The molecule has 1 aromatic carbocycles. The van der Waals surface area contributed by atoms with E-state index in [9.17, 15) is 9.18 Å². The molecular formula is C14H16BrFO2S. The third-order valence-electron chi connectivity index (χ3n) is 3.37. The summed E-state index contributed by atoms with van der Waals surface area (Å²) in [6.45, 7) is 0. The van der Waals surface area contributed by atoms with Crippen molar-refractivity contribution in [3.05, 3.63) is 34.1 Å². The fourth-order valence-corrected chi connectivity index (χ4v) is 3.71. The molecule has 0 bridgehead atoms. The fourth-order valence-electron chi connectivity index (χ4n) is 1.94. The van der Waals surface area contributed by atoms with Crippen molar-refractivity contribution in [2.45, 2.75) is 25.0 Å². The number of benzene rings is 1. The number of thioether (sulfide) groups is 1. The summed E-state index contributed by atoms with van der Waals surface area (Å²) in [6, 6.07) is 5.08. The normalized spacial score (nSPS) is 16.2. The summed E-state index contributed by atoms with van der Waals surface area (Å²) in [5.41, 5.74) is 1.24. The summed E-state index contributed by atoms with van der Waals surface area (Å²) >= 11 is 4.98. The Morgan fingerprint density at radius 3 is 2.84 bits per heavy atom. The lowest BCUT2D eigenvalue weighted by Crippen LogP contribution is -2.13. The highest BCUT2D eigenvalue weighted by Crippen LogP contribution is 2.51. The first-order valence-corrected chi connectivity index (χ1v) is 8.08. The molecule has 104 valence electrons. The van der Waals surface area contributed by atoms with Crippen LogP contribution in [-0.4, -0.2) is 18.8 Å². The van der Waals surface area contributed by atoms with Crippen LogP contribution in [0.5, 0.6) is 0 Å². The molecule has 0 aromatic heterocycles. The van der Waals surface area contributed by atoms with Crippen molar-refractivity contribution in [2.75, 3.05) is 12.9 Å². The molecule has 0 spiro atoms. The second-order valence-electron chi connectivity index (χ2n) is 4.99. The lowest BCUT2D eigenvalue weighted by atomic mass is 10.1. The van der Waals surface area contributed by atoms with Gasteiger partial charge in [-0.15, -0.1) is 0 Å². The number of halogens is 2. The van der Waals surface area contributed by atoms with Gasteiger partial charge in [0.2, 0.25) is 0 Å². The van der Waals surface area contributed by atoms with Crippen molar-refractivity contribution >= 4 is 33.7 Å². The molecule has 0 amide bonds. The summed E-state index contributed by atoms with van der Waals surface area (Å²) in [4.78, 5) is 11.3. The SMILES string of the molecule is COC(=O)CC1(CSCc2ccc(F)c(Br)c2)CC1. The van der Waals surface area contributed by atoms with E-state index < -0.39 is 0 Å². The fraction of sp³-hybridized carbons (Fsp3) is 0.500. The zero-order chi connectivity index (χ0) is 13.9. The van der Waals surface area contributed by atoms with Crippen LogP contribution in [0.25, 0.3) is 0 Å². The first kappa shape index (κ1) is 14.9. The van der Waals surface area contributed by atoms with Crippen LogP contribution in [0.15, 0.2) is 22.7 Å². The number of rotatable bonds is 6. The maximum Gasteiger partial charge on any atom is 0.306 e. The van der Waals surface area contributed by atoms with Gasteiger partial charge in [-0.1, -0.05) is 6.07 Å². The van der Waals surface area contributed by atoms with Crippen LogP contribution < -0.4 is 0 Å². The number of hydrogen-bond donors (Lipinski definition) is 0. The van der Waals surface area contributed by atoms with Gasteiger partial charge in [0.1, 0.15) is 5.82 Å². The van der Waals surface area contributed by atoms with Gasteiger partial charge >= 0.3 is 5.97 Å². The molecule has 0 atom stereocenters. The molecule has 0 radical (unpaired) electrons. The van der Waals surface area contributed by atoms with Crippen LogP contribution in [-0.2, 0) is 15.3 Å². The standard InChI is InChI=1S/C14H16BrFO2S/c1-18-13(17)7-14(4-5-14)9-19-8-10-2-3-12(16)11(15)6-10/h2-3,6H,4-5,7-9H2,1H3. The molecule has 1 aliphatic carbocycles. The topological polar surface area (TPSA) is 26.3 Å². The zero-order valence-electron chi connectivity index (χ0n) is 10.7. The Morgan fingerprint density at radius 2 is 2.26 bits per heavy atom. The van der Waals surface area contributed by atoms with E-state index in [0.717, 1.165) is 29.9 Å². The number of ether oxygens (including phenoxy) is 1. The summed E-state index contributed by atoms with van der Waals surface area (Å²) < 4.78 is 18.3. The van der Waals surface area contributed by atoms with Gasteiger partial charge in [0.15, 0.2) is 0 Å². The van der Waals surface area contributed by atoms with Crippen molar-refractivity contribution in [3.63, 3.8) is 0 Å². The Bertz CT molecular complexity index is 475. The van der Waals surface area contributed by atoms with Crippen molar-refractivity contribution < 1.29 is 13.9 Å². The second kappa shape index (κ2) is 6.27. The van der Waals surface area contributed by atoms with Crippen molar-refractivity contribution in [1.29, 1.82) is 0 Å². The lowest BCUT2D eigenvalue weighted by molar-refractivity contribution is -0.141. The molecule has 1 saturated carbocycles. The highest BCUT2D eigenvalue weighted by molar-refractivity contribution is 9.10. The number of carbonyl (C=O) groups excluding carboxylic acids is 1. The molecular weight excluding hydrogens is 331 g/mol. The summed E-state index contributed by atoms with van der Waals surface area (Å²) in [5, 5.41) is 0. The van der Waals surface area contributed by atoms with Crippen LogP contribution in [0.2, 0.25) is 0 Å². The molecule has 1 aromatic rings. The van der Waals surface area contributed by atoms with Gasteiger partial charge in [0, 0.05) is 5.75 Å². The largest absolute Gasteiger partial charge is 0.469 e. The van der Waals surface area contributed by atoms with E-state index >= 15 is 0 Å². The quantitative estimate of drug-likeness (QED) is 0.723. The van der Waals surface area contributed by atoms with Gasteiger partial charge in [-0.25, -0.2) is 4.39 Å². The summed E-state index contributed by atoms with van der Waals surface area (Å²) in [7, 11) is 1.43. The van der Waals surface area contributed by atoms with Gasteiger partial charge in [0.05, 0.1) is 18.0 Å². The van der Waals surface area contributed by atoms with E-state index in [1.807, 2.05) is 6.07 Å². The molecule has 1 fully saturated rings. The Kier molecular flexibility index (Phi) is 4.90. The minimum atomic E-state index is -0.238. The Morgan fingerprint density at radius 1 is 1.53 bits per heavy atom. The van der Waals surface area contributed by atoms with Gasteiger partial charge < -0.3 is 4.74 Å². The lowest BCUT2D eigenvalue weighted by Gasteiger charge is -2.13. The maximum absolute atomic E-state index is 13.1. The number of carbonyl (C=O) groups is 1. The van der Waals surface area contributed by atoms with Crippen molar-refractivity contribution in [1.82, 2.24) is 0 Å². The molecule has 2 rings (SSSR count). The number of methoxy groups -OCH3 is 1. The molecule has 0 aliphatic heterocycles. The van der Waals surface area contributed by atoms with Crippen molar-refractivity contribution in [2.24, 2.45) is 5.41 Å². The average molecular weight is 347 g/mol. The minimum Gasteiger partial charge on any atom is -0.469 e. The molecule has 5 heteroatoms. The van der Waals surface area contributed by atoms with E-state index in [1.165, 1.54) is 13.2 Å². The Hall–Kier alpha value is -0.550. The molecule has 1 aliphatic rings. The van der Waals surface area contributed by atoms with Crippen LogP contribution >= 0.6 is 27.7 Å². The predicted molar refractivity (Wildman–Crippen MR) is 78.6 cm³/mol. The first-order valence-electron chi connectivity index (χ1n) is 6.13. The van der Waals surface area contributed by atoms with Gasteiger partial charge in [-0.2, -0.15) is 11.8 Å². The average Bonchev–Trinajstić information content (AvgIpc) is 3.13. The minimum absolute atomic E-state index is 0.123. The van der Waals surface area contributed by atoms with E-state index in [4.69, 9.17) is 4.74 Å². The smallest absolute Gasteiger partial charge is 0.306 e. The van der Waals surface area contributed by atoms with E-state index in [-0.39, 0.29) is 17.2 Å². The van der Waals surface area contributed by atoms with Crippen LogP contribution in [0.4, 0.5) is 4.39 Å². The molecule has 2 nitrogen and oxygen atoms in total. The van der Waals surface area contributed by atoms with Crippen LogP contribution in [0.1, 0.15) is 24.8 Å². The Labute approximate surface area is 125 Å². The molecule has 0 saturated heterocycles. The van der Waals surface area contributed by atoms with Crippen LogP contribution in [0, 0.1) is 11.2 Å². The van der Waals surface area contributed by atoms with Crippen LogP contribution in [0.3, 0.4) is 0 Å². The van der Waals surface area contributed by atoms with Gasteiger partial charge in [0.25, 0.3) is 0 Å². The molecule has 0 unspecified atom stereocenters. The third-order valence-corrected chi connectivity index (χ3v) is 5.33. The molecule has 19 heavy (non-hydrogen) atoms. The monoisotopic (exact) mass is 346 g/mol. The van der Waals surface area contributed by atoms with E-state index in [0.29, 0.717) is 10.9 Å². The zero-order valence-corrected chi connectivity index (χ0v) is 13.2. The predicted octanol–water partition coefficient (Wildman–Crippen LogP) is 4.16. The second-order valence-corrected chi connectivity index (χ2v) is 6.83. The van der Waals surface area contributed by atoms with E-state index in [1.54, 1.807) is 17.8 Å². The van der Waals surface area contributed by atoms with Gasteiger partial charge in [-0.05, 0) is 57.6 Å². The summed E-state index contributed by atoms with van der Waals surface area (Å²) in [5.74, 6) is 1.43. The van der Waals surface area contributed by atoms with Gasteiger partial charge in [-0.3, -0.25) is 4.79 Å². The molecule has 0 heterocycles. The van der Waals surface area contributed by atoms with Crippen molar-refractivity contribution in [3.8, 4) is 0 Å². The third kappa shape index (κ3) is 4.21. The summed E-state index contributed by atoms with van der Waals surface area (Å²) in [6.07, 6.45) is 2.72. The van der Waals surface area contributed by atoms with E-state index in [2.05, 4.69) is 15.9 Å². The highest BCUT2D eigenvalue weighted by atomic mass is 79.9. The number of esters is 1. The number of hydrogen-bond acceptors (Lipinski definition) is 3. The Balaban J connectivity index is 1.80. The first-order chi connectivity index (χ1) is 9.04. The highest BCUT2D eigenvalue weighted by Gasteiger charge is 2.44. The molecule has 0 N–H and O–H groups in total. The maximum atomic E-state index is 13.1.